The van der Waals surface area contributed by atoms with Gasteiger partial charge in [0.2, 0.25) is 5.91 Å². The maximum Gasteiger partial charge on any atom is 0.222 e. The van der Waals surface area contributed by atoms with Crippen LogP contribution in [0.4, 0.5) is 0 Å². The average Bonchev–Trinajstić information content (AvgIpc) is 3.33. The minimum Gasteiger partial charge on any atom is -0.497 e. The summed E-state index contributed by atoms with van der Waals surface area (Å²) in [6.07, 6.45) is 5.13. The van der Waals surface area contributed by atoms with Crippen LogP contribution >= 0.6 is 12.4 Å². The topological polar surface area (TPSA) is 50.8 Å². The fraction of sp³-hybridized carbons (Fsp3) is 0.650. The molecule has 0 saturated carbocycles. The van der Waals surface area contributed by atoms with Gasteiger partial charge in [-0.25, -0.2) is 0 Å². The summed E-state index contributed by atoms with van der Waals surface area (Å²) in [6, 6.07) is 7.98. The molecule has 0 radical (unpaired) electrons. The molecule has 0 aromatic heterocycles. The Morgan fingerprint density at radius 3 is 2.96 bits per heavy atom. The van der Waals surface area contributed by atoms with Crippen molar-refractivity contribution in [2.24, 2.45) is 5.92 Å². The SMILES string of the molecule is COc1cccc(CN(CC2CCCO2)C(=O)CCC2CCNC2)c1.Cl. The highest BCUT2D eigenvalue weighted by molar-refractivity contribution is 5.85. The summed E-state index contributed by atoms with van der Waals surface area (Å²) in [5.74, 6) is 1.72. The van der Waals surface area contributed by atoms with E-state index >= 15 is 0 Å². The second kappa shape index (κ2) is 10.8. The standard InChI is InChI=1S/C20H30N2O3.ClH/c1-24-18-5-2-4-17(12-18)14-22(15-19-6-3-11-25-19)20(23)8-7-16-9-10-21-13-16;/h2,4-5,12,16,19,21H,3,6-11,13-15H2,1H3;1H. The van der Waals surface area contributed by atoms with Gasteiger partial charge < -0.3 is 19.7 Å². The first-order valence-corrected chi connectivity index (χ1v) is 9.47. The van der Waals surface area contributed by atoms with Crippen molar-refractivity contribution in [1.82, 2.24) is 10.2 Å². The van der Waals surface area contributed by atoms with Crippen LogP contribution in [0.15, 0.2) is 24.3 Å². The highest BCUT2D eigenvalue weighted by atomic mass is 35.5. The van der Waals surface area contributed by atoms with Crippen molar-refractivity contribution in [1.29, 1.82) is 0 Å². The number of benzene rings is 1. The van der Waals surface area contributed by atoms with Gasteiger partial charge in [0.05, 0.1) is 13.2 Å². The second-order valence-electron chi connectivity index (χ2n) is 7.16. The first-order valence-electron chi connectivity index (χ1n) is 9.47. The van der Waals surface area contributed by atoms with E-state index in [1.807, 2.05) is 23.1 Å². The average molecular weight is 383 g/mol. The molecule has 2 aliphatic heterocycles. The van der Waals surface area contributed by atoms with Crippen molar-refractivity contribution in [2.45, 2.75) is 44.8 Å². The van der Waals surface area contributed by atoms with Crippen LogP contribution in [0, 0.1) is 5.92 Å². The molecule has 2 aliphatic rings. The fourth-order valence-corrected chi connectivity index (χ4v) is 3.73. The smallest absolute Gasteiger partial charge is 0.222 e. The lowest BCUT2D eigenvalue weighted by Crippen LogP contribution is -2.37. The van der Waals surface area contributed by atoms with Gasteiger partial charge in [0.15, 0.2) is 0 Å². The Bertz CT molecular complexity index is 558. The number of carbonyl (C=O) groups excluding carboxylic acids is 1. The highest BCUT2D eigenvalue weighted by Crippen LogP contribution is 2.20. The van der Waals surface area contributed by atoms with Gasteiger partial charge in [-0.05, 0) is 62.4 Å². The van der Waals surface area contributed by atoms with Crippen LogP contribution in [0.2, 0.25) is 0 Å². The number of halogens is 1. The van der Waals surface area contributed by atoms with E-state index in [4.69, 9.17) is 9.47 Å². The van der Waals surface area contributed by atoms with Crippen LogP contribution in [-0.4, -0.2) is 50.3 Å². The number of carbonyl (C=O) groups is 1. The van der Waals surface area contributed by atoms with Crippen molar-refractivity contribution in [2.75, 3.05) is 33.4 Å². The minimum absolute atomic E-state index is 0. The van der Waals surface area contributed by atoms with Gasteiger partial charge in [-0.1, -0.05) is 12.1 Å². The number of amides is 1. The summed E-state index contributed by atoms with van der Waals surface area (Å²) in [6.45, 7) is 4.27. The summed E-state index contributed by atoms with van der Waals surface area (Å²) >= 11 is 0. The predicted molar refractivity (Wildman–Crippen MR) is 105 cm³/mol. The predicted octanol–water partition coefficient (Wildman–Crippen LogP) is 3.01. The molecule has 2 atom stereocenters. The minimum atomic E-state index is 0. The molecule has 2 saturated heterocycles. The molecule has 26 heavy (non-hydrogen) atoms. The zero-order valence-corrected chi connectivity index (χ0v) is 16.4. The van der Waals surface area contributed by atoms with Crippen LogP contribution < -0.4 is 10.1 Å². The maximum absolute atomic E-state index is 12.9. The number of nitrogens with zero attached hydrogens (tertiary/aromatic N) is 1. The first kappa shape index (κ1) is 21.0. The Morgan fingerprint density at radius 1 is 1.38 bits per heavy atom. The zero-order valence-electron chi connectivity index (χ0n) is 15.6. The monoisotopic (exact) mass is 382 g/mol. The van der Waals surface area contributed by atoms with E-state index in [2.05, 4.69) is 11.4 Å². The fourth-order valence-electron chi connectivity index (χ4n) is 3.73. The molecule has 6 heteroatoms. The van der Waals surface area contributed by atoms with Crippen LogP contribution in [0.3, 0.4) is 0 Å². The van der Waals surface area contributed by atoms with Gasteiger partial charge in [0.25, 0.3) is 0 Å². The molecule has 3 rings (SSSR count). The third kappa shape index (κ3) is 6.15. The van der Waals surface area contributed by atoms with Crippen molar-refractivity contribution in [3.05, 3.63) is 29.8 Å². The number of ether oxygens (including phenoxy) is 2. The van der Waals surface area contributed by atoms with E-state index in [-0.39, 0.29) is 24.4 Å². The Kier molecular flexibility index (Phi) is 8.69. The number of methoxy groups -OCH3 is 1. The van der Waals surface area contributed by atoms with E-state index < -0.39 is 0 Å². The van der Waals surface area contributed by atoms with Gasteiger partial charge in [0.1, 0.15) is 5.75 Å². The van der Waals surface area contributed by atoms with Crippen LogP contribution in [0.5, 0.6) is 5.75 Å². The summed E-state index contributed by atoms with van der Waals surface area (Å²) in [5, 5.41) is 3.38. The van der Waals surface area contributed by atoms with E-state index in [0.717, 1.165) is 50.3 Å². The second-order valence-corrected chi connectivity index (χ2v) is 7.16. The van der Waals surface area contributed by atoms with Gasteiger partial charge in [-0.3, -0.25) is 4.79 Å². The van der Waals surface area contributed by atoms with Crippen molar-refractivity contribution in [3.63, 3.8) is 0 Å². The van der Waals surface area contributed by atoms with Crippen LogP contribution in [-0.2, 0) is 16.1 Å². The Hall–Kier alpha value is -1.30. The van der Waals surface area contributed by atoms with Gasteiger partial charge >= 0.3 is 0 Å². The van der Waals surface area contributed by atoms with Gasteiger partial charge in [-0.15, -0.1) is 12.4 Å². The Balaban J connectivity index is 0.00000243. The first-order chi connectivity index (χ1) is 12.2. The zero-order chi connectivity index (χ0) is 17.5. The molecule has 0 aliphatic carbocycles. The Labute approximate surface area is 162 Å². The molecular formula is C20H31ClN2O3. The largest absolute Gasteiger partial charge is 0.497 e. The molecule has 2 fully saturated rings. The van der Waals surface area contributed by atoms with Crippen molar-refractivity contribution < 1.29 is 14.3 Å². The van der Waals surface area contributed by atoms with Crippen LogP contribution in [0.1, 0.15) is 37.7 Å². The third-order valence-electron chi connectivity index (χ3n) is 5.24. The summed E-state index contributed by atoms with van der Waals surface area (Å²) in [7, 11) is 1.67. The van der Waals surface area contributed by atoms with Gasteiger partial charge in [0, 0.05) is 26.1 Å². The molecule has 5 nitrogen and oxygen atoms in total. The van der Waals surface area contributed by atoms with Crippen LogP contribution in [0.25, 0.3) is 0 Å². The highest BCUT2D eigenvalue weighted by Gasteiger charge is 2.24. The molecule has 1 N–H and O–H groups in total. The van der Waals surface area contributed by atoms with E-state index in [1.165, 1.54) is 6.42 Å². The molecule has 146 valence electrons. The van der Waals surface area contributed by atoms with Crippen molar-refractivity contribution in [3.8, 4) is 5.75 Å². The summed E-state index contributed by atoms with van der Waals surface area (Å²) < 4.78 is 11.1. The molecule has 0 spiro atoms. The molecule has 1 aromatic rings. The maximum atomic E-state index is 12.9. The van der Waals surface area contributed by atoms with E-state index in [0.29, 0.717) is 25.4 Å². The lowest BCUT2D eigenvalue weighted by Gasteiger charge is -2.26. The van der Waals surface area contributed by atoms with E-state index in [9.17, 15) is 4.79 Å². The Morgan fingerprint density at radius 2 is 2.27 bits per heavy atom. The summed E-state index contributed by atoms with van der Waals surface area (Å²) in [4.78, 5) is 14.8. The number of hydrogen-bond acceptors (Lipinski definition) is 4. The molecular weight excluding hydrogens is 352 g/mol. The molecule has 1 aromatic carbocycles. The number of rotatable bonds is 8. The van der Waals surface area contributed by atoms with Crippen molar-refractivity contribution >= 4 is 18.3 Å². The lowest BCUT2D eigenvalue weighted by atomic mass is 10.0. The lowest BCUT2D eigenvalue weighted by molar-refractivity contribution is -0.133. The molecule has 2 heterocycles. The third-order valence-corrected chi connectivity index (χ3v) is 5.24. The van der Waals surface area contributed by atoms with Gasteiger partial charge in [-0.2, -0.15) is 0 Å². The van der Waals surface area contributed by atoms with E-state index in [1.54, 1.807) is 7.11 Å². The number of nitrogens with one attached hydrogen (secondary N) is 1. The molecule has 0 bridgehead atoms. The molecule has 1 amide bonds. The quantitative estimate of drug-likeness (QED) is 0.750. The number of hydrogen-bond donors (Lipinski definition) is 1. The molecule has 2 unspecified atom stereocenters. The summed E-state index contributed by atoms with van der Waals surface area (Å²) in [5.41, 5.74) is 1.10. The normalized spacial score (nSPS) is 22.0.